The molecule has 0 atom stereocenters. The van der Waals surface area contributed by atoms with Crippen LogP contribution in [-0.4, -0.2) is 30.6 Å². The number of rotatable bonds is 8. The summed E-state index contributed by atoms with van der Waals surface area (Å²) in [5, 5.41) is 5.21. The van der Waals surface area contributed by atoms with Crippen molar-refractivity contribution in [1.29, 1.82) is 0 Å². The smallest absolute Gasteiger partial charge is 0.170 e. The van der Waals surface area contributed by atoms with E-state index in [0.717, 1.165) is 47.4 Å². The lowest BCUT2D eigenvalue weighted by Crippen LogP contribution is -2.21. The lowest BCUT2D eigenvalue weighted by Gasteiger charge is -2.18. The Morgan fingerprint density at radius 2 is 1.92 bits per heavy atom. The summed E-state index contributed by atoms with van der Waals surface area (Å²) in [5.41, 5.74) is 2.06. The highest BCUT2D eigenvalue weighted by Gasteiger charge is 2.15. The zero-order chi connectivity index (χ0) is 17.6. The van der Waals surface area contributed by atoms with Crippen LogP contribution in [0.2, 0.25) is 0 Å². The van der Waals surface area contributed by atoms with Gasteiger partial charge in [-0.2, -0.15) is 0 Å². The third kappa shape index (κ3) is 4.21. The van der Waals surface area contributed by atoms with Crippen molar-refractivity contribution >= 4 is 22.7 Å². The Labute approximate surface area is 156 Å². The minimum atomic E-state index is 0.727. The molecule has 0 fully saturated rings. The van der Waals surface area contributed by atoms with E-state index in [-0.39, 0.29) is 0 Å². The van der Waals surface area contributed by atoms with Gasteiger partial charge >= 0.3 is 0 Å². The fourth-order valence-corrected chi connectivity index (χ4v) is 4.27. The summed E-state index contributed by atoms with van der Waals surface area (Å²) in [5.74, 6) is 1.46. The molecule has 0 radical (unpaired) electrons. The Morgan fingerprint density at radius 3 is 2.60 bits per heavy atom. The largest absolute Gasteiger partial charge is 0.493 e. The third-order valence-corrected chi connectivity index (χ3v) is 5.76. The molecule has 1 aromatic carbocycles. The molecule has 0 amide bonds. The van der Waals surface area contributed by atoms with Gasteiger partial charge < -0.3 is 9.47 Å². The van der Waals surface area contributed by atoms with E-state index < -0.39 is 0 Å². The number of hydrogen-bond acceptors (Lipinski definition) is 6. The van der Waals surface area contributed by atoms with Crippen LogP contribution in [0.4, 0.5) is 0 Å². The summed E-state index contributed by atoms with van der Waals surface area (Å²) >= 11 is 3.44. The Bertz CT molecular complexity index is 800. The van der Waals surface area contributed by atoms with Gasteiger partial charge in [0.15, 0.2) is 11.5 Å². The second-order valence-electron chi connectivity index (χ2n) is 5.57. The van der Waals surface area contributed by atoms with Crippen LogP contribution in [0.1, 0.15) is 17.5 Å². The Hall–Kier alpha value is -1.89. The number of benzene rings is 1. The Kier molecular flexibility index (Phi) is 6.07. The van der Waals surface area contributed by atoms with Crippen LogP contribution in [0.15, 0.2) is 41.1 Å². The summed E-state index contributed by atoms with van der Waals surface area (Å²) in [6.07, 6.45) is 0. The van der Waals surface area contributed by atoms with Crippen molar-refractivity contribution in [2.75, 3.05) is 20.8 Å². The van der Waals surface area contributed by atoms with E-state index >= 15 is 0 Å². The first-order chi connectivity index (χ1) is 12.2. The van der Waals surface area contributed by atoms with Crippen molar-refractivity contribution in [2.45, 2.75) is 20.0 Å². The minimum Gasteiger partial charge on any atom is -0.493 e. The van der Waals surface area contributed by atoms with Gasteiger partial charge in [0.05, 0.1) is 25.5 Å². The van der Waals surface area contributed by atoms with Crippen molar-refractivity contribution in [1.82, 2.24) is 9.88 Å². The maximum atomic E-state index is 5.54. The number of ether oxygens (including phenoxy) is 2. The summed E-state index contributed by atoms with van der Waals surface area (Å²) in [6, 6.07) is 10.2. The lowest BCUT2D eigenvalue weighted by atomic mass is 10.2. The van der Waals surface area contributed by atoms with Gasteiger partial charge in [0.2, 0.25) is 0 Å². The maximum absolute atomic E-state index is 5.54. The first kappa shape index (κ1) is 17.9. The van der Waals surface area contributed by atoms with Gasteiger partial charge in [0.25, 0.3) is 0 Å². The van der Waals surface area contributed by atoms with Crippen LogP contribution in [0, 0.1) is 0 Å². The molecule has 0 N–H and O–H groups in total. The number of thiazole rings is 1. The Morgan fingerprint density at radius 1 is 1.04 bits per heavy atom. The van der Waals surface area contributed by atoms with Gasteiger partial charge in [-0.05, 0) is 30.1 Å². The molecule has 0 aliphatic rings. The Balaban J connectivity index is 1.78. The van der Waals surface area contributed by atoms with E-state index in [2.05, 4.69) is 34.7 Å². The van der Waals surface area contributed by atoms with Gasteiger partial charge in [0.1, 0.15) is 5.01 Å². The van der Waals surface area contributed by atoms with Crippen molar-refractivity contribution < 1.29 is 9.47 Å². The molecule has 2 aromatic heterocycles. The van der Waals surface area contributed by atoms with E-state index in [1.54, 1.807) is 36.9 Å². The molecule has 6 heteroatoms. The fourth-order valence-electron chi connectivity index (χ4n) is 2.69. The first-order valence-electron chi connectivity index (χ1n) is 8.15. The zero-order valence-electron chi connectivity index (χ0n) is 14.7. The molecular formula is C19H22N2O2S2. The summed E-state index contributed by atoms with van der Waals surface area (Å²) in [6.45, 7) is 4.99. The van der Waals surface area contributed by atoms with E-state index in [1.807, 2.05) is 18.2 Å². The first-order valence-corrected chi connectivity index (χ1v) is 9.91. The average Bonchev–Trinajstić information content (AvgIpc) is 3.32. The van der Waals surface area contributed by atoms with Crippen LogP contribution >= 0.6 is 22.7 Å². The van der Waals surface area contributed by atoms with Crippen LogP contribution in [0.5, 0.6) is 11.5 Å². The third-order valence-electron chi connectivity index (χ3n) is 3.98. The molecule has 25 heavy (non-hydrogen) atoms. The second-order valence-corrected chi connectivity index (χ2v) is 7.46. The molecule has 2 heterocycles. The van der Waals surface area contributed by atoms with Crippen LogP contribution < -0.4 is 9.47 Å². The summed E-state index contributed by atoms with van der Waals surface area (Å²) < 4.78 is 10.9. The number of aromatic nitrogens is 1. The molecule has 0 aliphatic heterocycles. The van der Waals surface area contributed by atoms with Crippen molar-refractivity contribution in [3.8, 4) is 22.1 Å². The lowest BCUT2D eigenvalue weighted by molar-refractivity contribution is 0.271. The SMILES string of the molecule is CCN(Cc1csc(-c2cccc(OC)c2OC)n1)Cc1cccs1. The molecule has 4 nitrogen and oxygen atoms in total. The summed E-state index contributed by atoms with van der Waals surface area (Å²) in [7, 11) is 3.31. The predicted molar refractivity (Wildman–Crippen MR) is 105 cm³/mol. The molecule has 0 bridgehead atoms. The molecule has 0 saturated heterocycles. The summed E-state index contributed by atoms with van der Waals surface area (Å²) in [4.78, 5) is 8.60. The zero-order valence-corrected chi connectivity index (χ0v) is 16.3. The number of nitrogens with zero attached hydrogens (tertiary/aromatic N) is 2. The van der Waals surface area contributed by atoms with E-state index in [4.69, 9.17) is 14.5 Å². The highest BCUT2D eigenvalue weighted by molar-refractivity contribution is 7.13. The molecule has 3 rings (SSSR count). The topological polar surface area (TPSA) is 34.6 Å². The molecular weight excluding hydrogens is 352 g/mol. The maximum Gasteiger partial charge on any atom is 0.170 e. The minimum absolute atomic E-state index is 0.727. The van der Waals surface area contributed by atoms with Crippen LogP contribution in [0.3, 0.4) is 0 Å². The van der Waals surface area contributed by atoms with Gasteiger partial charge in [-0.25, -0.2) is 4.98 Å². The molecule has 0 unspecified atom stereocenters. The van der Waals surface area contributed by atoms with E-state index in [9.17, 15) is 0 Å². The van der Waals surface area contributed by atoms with Gasteiger partial charge in [-0.1, -0.05) is 19.1 Å². The van der Waals surface area contributed by atoms with Crippen molar-refractivity contribution in [2.24, 2.45) is 0 Å². The van der Waals surface area contributed by atoms with Gasteiger partial charge in [-0.15, -0.1) is 22.7 Å². The number of thiophene rings is 1. The normalized spacial score (nSPS) is 11.0. The number of methoxy groups -OCH3 is 2. The monoisotopic (exact) mass is 374 g/mol. The van der Waals surface area contributed by atoms with Gasteiger partial charge in [0, 0.05) is 23.3 Å². The molecule has 3 aromatic rings. The average molecular weight is 375 g/mol. The molecule has 0 aliphatic carbocycles. The molecule has 132 valence electrons. The van der Waals surface area contributed by atoms with E-state index in [1.165, 1.54) is 4.88 Å². The molecule has 0 spiro atoms. The van der Waals surface area contributed by atoms with E-state index in [0.29, 0.717) is 0 Å². The highest BCUT2D eigenvalue weighted by Crippen LogP contribution is 2.39. The predicted octanol–water partition coefficient (Wildman–Crippen LogP) is 4.91. The fraction of sp³-hybridized carbons (Fsp3) is 0.316. The number of hydrogen-bond donors (Lipinski definition) is 0. The van der Waals surface area contributed by atoms with Crippen molar-refractivity contribution in [3.05, 3.63) is 51.7 Å². The standard InChI is InChI=1S/C19H22N2O2S2/c1-4-21(12-15-7-6-10-24-15)11-14-13-25-19(20-14)16-8-5-9-17(22-2)18(16)23-3/h5-10,13H,4,11-12H2,1-3H3. The van der Waals surface area contributed by atoms with Gasteiger partial charge in [-0.3, -0.25) is 4.90 Å². The van der Waals surface area contributed by atoms with Crippen LogP contribution in [-0.2, 0) is 13.1 Å². The quantitative estimate of drug-likeness (QED) is 0.561. The molecule has 0 saturated carbocycles. The number of para-hydroxylation sites is 1. The van der Waals surface area contributed by atoms with Crippen LogP contribution in [0.25, 0.3) is 10.6 Å². The second kappa shape index (κ2) is 8.47. The van der Waals surface area contributed by atoms with Crippen molar-refractivity contribution in [3.63, 3.8) is 0 Å². The highest BCUT2D eigenvalue weighted by atomic mass is 32.1.